The lowest BCUT2D eigenvalue weighted by molar-refractivity contribution is -0.145. The van der Waals surface area contributed by atoms with E-state index in [2.05, 4.69) is 26.6 Å². The molecule has 0 aliphatic carbocycles. The summed E-state index contributed by atoms with van der Waals surface area (Å²) in [7, 11) is 0. The van der Waals surface area contributed by atoms with E-state index >= 15 is 0 Å². The van der Waals surface area contributed by atoms with Crippen molar-refractivity contribution in [3.8, 4) is 0 Å². The van der Waals surface area contributed by atoms with Gasteiger partial charge in [0.1, 0.15) is 36.3 Å². The maximum Gasteiger partial charge on any atom is 0.326 e. The topological polar surface area (TPSA) is 298 Å². The summed E-state index contributed by atoms with van der Waals surface area (Å²) in [4.78, 5) is 107. The van der Waals surface area contributed by atoms with Gasteiger partial charge in [0.15, 0.2) is 0 Å². The first-order valence-corrected chi connectivity index (χ1v) is 20.4. The van der Waals surface area contributed by atoms with Crippen LogP contribution in [-0.2, 0) is 51.2 Å². The van der Waals surface area contributed by atoms with Crippen LogP contribution in [-0.4, -0.2) is 113 Å². The van der Waals surface area contributed by atoms with Crippen LogP contribution < -0.4 is 43.8 Å². The predicted molar refractivity (Wildman–Crippen MR) is 222 cm³/mol. The number of carboxylic acid groups (broad SMARTS) is 1. The SMILES string of the molecule is CC(C)C[C@H](NC(=O)[C@H](CCC(N)=O)NC(=O)CN)C(=O)N[C@@H](CCCCN)C(=O)N[C@@H](Cc1ccccc1)C(=O)N1CCC[C@H]1C(=O)N[C@@H](Cc1ccccc1)C(=O)O. The van der Waals surface area contributed by atoms with E-state index in [4.69, 9.17) is 17.2 Å². The standard InChI is InChI=1S/C42H61N9O9/c1-26(2)22-31(48-38(55)30(18-19-35(45)52)46-36(53)25-44)39(56)47-29(16-9-10-20-43)37(54)49-32(23-27-12-5-3-6-13-27)41(58)51-21-11-17-34(51)40(57)50-33(42(59)60)24-28-14-7-4-8-15-28/h3-8,12-15,26,29-34H,9-11,16-25,43-44H2,1-2H3,(H2,45,52)(H,46,53)(H,47,56)(H,48,55)(H,49,54)(H,50,57)(H,59,60)/t29-,30-,31-,32-,33-,34-/m0/s1. The zero-order chi connectivity index (χ0) is 44.2. The number of likely N-dealkylation sites (tertiary alicyclic amines) is 1. The van der Waals surface area contributed by atoms with Gasteiger partial charge in [-0.15, -0.1) is 0 Å². The lowest BCUT2D eigenvalue weighted by atomic mass is 10.00. The van der Waals surface area contributed by atoms with E-state index < -0.39 is 90.1 Å². The van der Waals surface area contributed by atoms with Crippen LogP contribution in [0.4, 0.5) is 0 Å². The molecule has 0 bridgehead atoms. The van der Waals surface area contributed by atoms with Gasteiger partial charge >= 0.3 is 5.97 Å². The monoisotopic (exact) mass is 835 g/mol. The number of hydrogen-bond acceptors (Lipinski definition) is 10. The van der Waals surface area contributed by atoms with Crippen molar-refractivity contribution in [2.45, 2.75) is 114 Å². The molecule has 3 rings (SSSR count). The number of amides is 7. The molecule has 7 amide bonds. The Bertz CT molecular complexity index is 1760. The van der Waals surface area contributed by atoms with Crippen molar-refractivity contribution >= 4 is 47.3 Å². The van der Waals surface area contributed by atoms with Crippen molar-refractivity contribution in [1.29, 1.82) is 0 Å². The largest absolute Gasteiger partial charge is 0.480 e. The Kier molecular flexibility index (Phi) is 20.1. The van der Waals surface area contributed by atoms with Crippen LogP contribution in [0.2, 0.25) is 0 Å². The van der Waals surface area contributed by atoms with E-state index in [-0.39, 0.29) is 57.4 Å². The van der Waals surface area contributed by atoms with Crippen LogP contribution in [0.1, 0.15) is 76.3 Å². The van der Waals surface area contributed by atoms with E-state index in [9.17, 15) is 43.5 Å². The van der Waals surface area contributed by atoms with Gasteiger partial charge in [-0.05, 0) is 68.5 Å². The molecule has 60 heavy (non-hydrogen) atoms. The summed E-state index contributed by atoms with van der Waals surface area (Å²) in [5, 5.41) is 23.2. The minimum atomic E-state index is -1.25. The van der Waals surface area contributed by atoms with Crippen molar-refractivity contribution < 1.29 is 43.5 Å². The first-order chi connectivity index (χ1) is 28.6. The summed E-state index contributed by atoms with van der Waals surface area (Å²) < 4.78 is 0. The van der Waals surface area contributed by atoms with Crippen molar-refractivity contribution in [1.82, 2.24) is 31.5 Å². The molecule has 1 fully saturated rings. The smallest absolute Gasteiger partial charge is 0.326 e. The highest BCUT2D eigenvalue weighted by molar-refractivity contribution is 5.97. The van der Waals surface area contributed by atoms with Gasteiger partial charge < -0.3 is 53.8 Å². The number of primary amides is 1. The van der Waals surface area contributed by atoms with Crippen molar-refractivity contribution in [3.63, 3.8) is 0 Å². The van der Waals surface area contributed by atoms with Crippen LogP contribution in [0.3, 0.4) is 0 Å². The Hall–Kier alpha value is -5.88. The molecule has 6 atom stereocenters. The number of aliphatic carboxylic acids is 1. The fourth-order valence-corrected chi connectivity index (χ4v) is 6.96. The lowest BCUT2D eigenvalue weighted by Crippen LogP contribution is -2.60. The lowest BCUT2D eigenvalue weighted by Gasteiger charge is -2.31. The molecule has 0 unspecified atom stereocenters. The highest BCUT2D eigenvalue weighted by Crippen LogP contribution is 2.21. The Morgan fingerprint density at radius 2 is 1.23 bits per heavy atom. The number of carbonyl (C=O) groups excluding carboxylic acids is 7. The molecular formula is C42H61N9O9. The normalized spacial score (nSPS) is 16.1. The molecule has 18 heteroatoms. The van der Waals surface area contributed by atoms with E-state index in [1.54, 1.807) is 60.7 Å². The zero-order valence-electron chi connectivity index (χ0n) is 34.4. The van der Waals surface area contributed by atoms with E-state index in [0.29, 0.717) is 36.9 Å². The van der Waals surface area contributed by atoms with Crippen LogP contribution in [0.5, 0.6) is 0 Å². The highest BCUT2D eigenvalue weighted by atomic mass is 16.4. The van der Waals surface area contributed by atoms with Gasteiger partial charge in [-0.3, -0.25) is 33.6 Å². The predicted octanol–water partition coefficient (Wildman–Crippen LogP) is -0.629. The molecule has 0 saturated carbocycles. The number of hydrogen-bond donors (Lipinski definition) is 9. The number of carboxylic acids is 1. The number of carbonyl (C=O) groups is 8. The molecule has 1 aliphatic heterocycles. The van der Waals surface area contributed by atoms with Gasteiger partial charge in [-0.25, -0.2) is 4.79 Å². The molecular weight excluding hydrogens is 775 g/mol. The zero-order valence-corrected chi connectivity index (χ0v) is 34.4. The molecule has 1 heterocycles. The summed E-state index contributed by atoms with van der Waals surface area (Å²) in [5.74, 6) is -6.02. The number of nitrogens with zero attached hydrogens (tertiary/aromatic N) is 1. The van der Waals surface area contributed by atoms with Crippen molar-refractivity contribution in [3.05, 3.63) is 71.8 Å². The molecule has 2 aromatic rings. The Balaban J connectivity index is 1.86. The maximum absolute atomic E-state index is 14.4. The van der Waals surface area contributed by atoms with Gasteiger partial charge in [0.2, 0.25) is 41.4 Å². The number of rotatable bonds is 25. The minimum absolute atomic E-state index is 0.0367. The third-order valence-corrected chi connectivity index (χ3v) is 10.1. The summed E-state index contributed by atoms with van der Waals surface area (Å²) in [5.41, 5.74) is 17.9. The van der Waals surface area contributed by atoms with Gasteiger partial charge in [0.25, 0.3) is 0 Å². The summed E-state index contributed by atoms with van der Waals surface area (Å²) in [6.45, 7) is 3.74. The van der Waals surface area contributed by atoms with E-state index in [1.165, 1.54) is 4.90 Å². The second-order valence-electron chi connectivity index (χ2n) is 15.4. The molecule has 2 aromatic carbocycles. The fraction of sp³-hybridized carbons (Fsp3) is 0.524. The Labute approximate surface area is 350 Å². The fourth-order valence-electron chi connectivity index (χ4n) is 6.96. The van der Waals surface area contributed by atoms with Crippen molar-refractivity contribution in [2.75, 3.05) is 19.6 Å². The van der Waals surface area contributed by atoms with Gasteiger partial charge in [0, 0.05) is 25.8 Å². The second kappa shape index (κ2) is 24.9. The van der Waals surface area contributed by atoms with Crippen LogP contribution in [0.25, 0.3) is 0 Å². The van der Waals surface area contributed by atoms with E-state index in [1.807, 2.05) is 13.8 Å². The summed E-state index contributed by atoms with van der Waals surface area (Å²) in [6.07, 6.45) is 1.67. The molecule has 18 nitrogen and oxygen atoms in total. The first kappa shape index (κ1) is 48.5. The van der Waals surface area contributed by atoms with Crippen LogP contribution in [0.15, 0.2) is 60.7 Å². The van der Waals surface area contributed by atoms with Gasteiger partial charge in [0.05, 0.1) is 6.54 Å². The third kappa shape index (κ3) is 16.1. The number of unbranched alkanes of at least 4 members (excludes halogenated alkanes) is 1. The number of nitrogens with two attached hydrogens (primary N) is 3. The molecule has 1 aliphatic rings. The van der Waals surface area contributed by atoms with Crippen molar-refractivity contribution in [2.24, 2.45) is 23.1 Å². The Morgan fingerprint density at radius 3 is 1.77 bits per heavy atom. The average molecular weight is 836 g/mol. The summed E-state index contributed by atoms with van der Waals surface area (Å²) in [6, 6.07) is 10.8. The third-order valence-electron chi connectivity index (χ3n) is 10.1. The average Bonchev–Trinajstić information content (AvgIpc) is 3.71. The molecule has 12 N–H and O–H groups in total. The molecule has 1 saturated heterocycles. The van der Waals surface area contributed by atoms with E-state index in [0.717, 1.165) is 0 Å². The van der Waals surface area contributed by atoms with Gasteiger partial charge in [-0.2, -0.15) is 0 Å². The van der Waals surface area contributed by atoms with Crippen LogP contribution >= 0.6 is 0 Å². The minimum Gasteiger partial charge on any atom is -0.480 e. The highest BCUT2D eigenvalue weighted by Gasteiger charge is 2.40. The summed E-state index contributed by atoms with van der Waals surface area (Å²) >= 11 is 0. The van der Waals surface area contributed by atoms with Gasteiger partial charge in [-0.1, -0.05) is 74.5 Å². The molecule has 0 aromatic heterocycles. The number of benzene rings is 2. The molecule has 328 valence electrons. The maximum atomic E-state index is 14.4. The quantitative estimate of drug-likeness (QED) is 0.0568. The Morgan fingerprint density at radius 1 is 0.700 bits per heavy atom. The second-order valence-corrected chi connectivity index (χ2v) is 15.4. The number of nitrogens with one attached hydrogen (secondary N) is 5. The first-order valence-electron chi connectivity index (χ1n) is 20.4. The molecule has 0 spiro atoms. The van der Waals surface area contributed by atoms with Crippen LogP contribution in [0, 0.1) is 5.92 Å². The molecule has 0 radical (unpaired) electrons.